The summed E-state index contributed by atoms with van der Waals surface area (Å²) in [5, 5.41) is 6.81. The smallest absolute Gasteiger partial charge is 0.294 e. The summed E-state index contributed by atoms with van der Waals surface area (Å²) in [6.07, 6.45) is 5.01. The minimum Gasteiger partial charge on any atom is -0.449 e. The molecule has 4 rings (SSSR count). The van der Waals surface area contributed by atoms with Crippen LogP contribution in [0.3, 0.4) is 0 Å². The molecule has 0 saturated heterocycles. The van der Waals surface area contributed by atoms with Crippen molar-refractivity contribution in [3.63, 3.8) is 0 Å². The van der Waals surface area contributed by atoms with Gasteiger partial charge in [0, 0.05) is 28.0 Å². The normalized spacial score (nSPS) is 18.7. The molecule has 0 atom stereocenters. The topological polar surface area (TPSA) is 87.5 Å². The number of anilines is 2. The van der Waals surface area contributed by atoms with Crippen molar-refractivity contribution in [1.82, 2.24) is 9.88 Å². The first-order valence-electron chi connectivity index (χ1n) is 10.4. The number of carbonyl (C=O) groups excluding carboxylic acids is 2. The summed E-state index contributed by atoms with van der Waals surface area (Å²) in [7, 11) is 4.14. The van der Waals surface area contributed by atoms with Crippen LogP contribution in [0.1, 0.15) is 36.2 Å². The number of benzene rings is 1. The molecule has 0 bridgehead atoms. The van der Waals surface area contributed by atoms with Gasteiger partial charge in [-0.25, -0.2) is 4.98 Å². The molecule has 2 N–H and O–H groups in total. The van der Waals surface area contributed by atoms with Crippen LogP contribution in [0.5, 0.6) is 0 Å². The maximum absolute atomic E-state index is 13.1. The number of pyridine rings is 1. The van der Waals surface area contributed by atoms with Crippen LogP contribution in [0.4, 0.5) is 11.5 Å². The van der Waals surface area contributed by atoms with E-state index in [1.165, 1.54) is 6.20 Å². The van der Waals surface area contributed by atoms with Gasteiger partial charge < -0.3 is 20.0 Å². The molecule has 0 aliphatic heterocycles. The van der Waals surface area contributed by atoms with Gasteiger partial charge in [-0.3, -0.25) is 9.59 Å². The first kappa shape index (κ1) is 22.8. The lowest BCUT2D eigenvalue weighted by atomic mass is 9.85. The number of halogens is 2. The van der Waals surface area contributed by atoms with E-state index in [2.05, 4.69) is 50.5 Å². The maximum atomic E-state index is 13.1. The second-order valence-electron chi connectivity index (χ2n) is 8.22. The van der Waals surface area contributed by atoms with Gasteiger partial charge in [0.15, 0.2) is 0 Å². The predicted octanol–water partition coefficient (Wildman–Crippen LogP) is 5.55. The highest BCUT2D eigenvalue weighted by molar-refractivity contribution is 9.10. The van der Waals surface area contributed by atoms with Crippen LogP contribution in [0.15, 0.2) is 45.4 Å². The number of hydrogen-bond donors (Lipinski definition) is 2. The molecule has 9 heteroatoms. The molecule has 3 aromatic rings. The second-order valence-corrected chi connectivity index (χ2v) is 9.57. The van der Waals surface area contributed by atoms with Gasteiger partial charge in [-0.1, -0.05) is 27.5 Å². The van der Waals surface area contributed by atoms with Crippen molar-refractivity contribution >= 4 is 61.8 Å². The average molecular weight is 520 g/mol. The molecular formula is C23H24BrClN4O3. The number of aromatic nitrogens is 1. The molecule has 1 aliphatic carbocycles. The van der Waals surface area contributed by atoms with Gasteiger partial charge in [0.05, 0.1) is 5.02 Å². The molecule has 168 valence electrons. The SMILES string of the molecule is CN(C)[C@H]1CC[C@H](C(=O)Nc2c(C(=O)Nc3ccc(Cl)cn3)oc3cc(Br)ccc23)CC1. The van der Waals surface area contributed by atoms with Crippen molar-refractivity contribution in [2.75, 3.05) is 24.7 Å². The number of furan rings is 1. The first-order valence-corrected chi connectivity index (χ1v) is 11.6. The number of nitrogens with one attached hydrogen (secondary N) is 2. The van der Waals surface area contributed by atoms with Crippen LogP contribution in [0, 0.1) is 5.92 Å². The fourth-order valence-electron chi connectivity index (χ4n) is 4.06. The summed E-state index contributed by atoms with van der Waals surface area (Å²) in [6.45, 7) is 0. The Bertz CT molecular complexity index is 1140. The van der Waals surface area contributed by atoms with E-state index in [1.54, 1.807) is 18.2 Å². The lowest BCUT2D eigenvalue weighted by Gasteiger charge is -2.31. The van der Waals surface area contributed by atoms with E-state index in [9.17, 15) is 9.59 Å². The fourth-order valence-corrected chi connectivity index (χ4v) is 4.51. The summed E-state index contributed by atoms with van der Waals surface area (Å²) in [6, 6.07) is 9.16. The van der Waals surface area contributed by atoms with Gasteiger partial charge >= 0.3 is 0 Å². The third kappa shape index (κ3) is 4.98. The Labute approximate surface area is 199 Å². The Morgan fingerprint density at radius 1 is 1.12 bits per heavy atom. The quantitative estimate of drug-likeness (QED) is 0.461. The Kier molecular flexibility index (Phi) is 6.83. The Morgan fingerprint density at radius 3 is 2.53 bits per heavy atom. The van der Waals surface area contributed by atoms with Gasteiger partial charge in [-0.05, 0) is 70.1 Å². The van der Waals surface area contributed by atoms with Crippen molar-refractivity contribution < 1.29 is 14.0 Å². The molecule has 2 aromatic heterocycles. The van der Waals surface area contributed by atoms with E-state index in [0.29, 0.717) is 33.5 Å². The fraction of sp³-hybridized carbons (Fsp3) is 0.348. The molecule has 1 aromatic carbocycles. The standard InChI is InChI=1S/C23H24BrClN4O3/c1-29(2)16-7-3-13(4-8-16)22(30)28-20-17-9-5-14(24)11-18(17)32-21(20)23(31)27-19-10-6-15(25)12-26-19/h5-6,9-13,16H,3-4,7-8H2,1-2H3,(H,28,30)(H,26,27,31)/t13-,16-. The minimum absolute atomic E-state index is 0.0326. The lowest BCUT2D eigenvalue weighted by molar-refractivity contribution is -0.121. The molecule has 2 amide bonds. The van der Waals surface area contributed by atoms with Crippen molar-refractivity contribution in [1.29, 1.82) is 0 Å². The largest absolute Gasteiger partial charge is 0.449 e. The van der Waals surface area contributed by atoms with Gasteiger partial charge in [-0.15, -0.1) is 0 Å². The average Bonchev–Trinajstić information content (AvgIpc) is 3.12. The van der Waals surface area contributed by atoms with E-state index >= 15 is 0 Å². The molecule has 0 spiro atoms. The van der Waals surface area contributed by atoms with Crippen molar-refractivity contribution in [2.45, 2.75) is 31.7 Å². The van der Waals surface area contributed by atoms with Crippen LogP contribution < -0.4 is 10.6 Å². The van der Waals surface area contributed by atoms with Crippen molar-refractivity contribution in [2.24, 2.45) is 5.92 Å². The summed E-state index contributed by atoms with van der Waals surface area (Å²) in [5.41, 5.74) is 0.874. The summed E-state index contributed by atoms with van der Waals surface area (Å²) in [4.78, 5) is 32.4. The monoisotopic (exact) mass is 518 g/mol. The van der Waals surface area contributed by atoms with Crippen molar-refractivity contribution in [3.05, 3.63) is 51.8 Å². The molecule has 1 fully saturated rings. The van der Waals surface area contributed by atoms with Crippen LogP contribution >= 0.6 is 27.5 Å². The van der Waals surface area contributed by atoms with Crippen LogP contribution in [0.2, 0.25) is 5.02 Å². The Balaban J connectivity index is 1.59. The van der Waals surface area contributed by atoms with E-state index in [1.807, 2.05) is 12.1 Å². The van der Waals surface area contributed by atoms with Gasteiger partial charge in [-0.2, -0.15) is 0 Å². The second kappa shape index (κ2) is 9.60. The van der Waals surface area contributed by atoms with E-state index in [0.717, 1.165) is 30.2 Å². The third-order valence-electron chi connectivity index (χ3n) is 5.87. The number of hydrogen-bond acceptors (Lipinski definition) is 5. The minimum atomic E-state index is -0.501. The number of carbonyl (C=O) groups is 2. The van der Waals surface area contributed by atoms with E-state index in [-0.39, 0.29) is 17.6 Å². The highest BCUT2D eigenvalue weighted by atomic mass is 79.9. The number of fused-ring (bicyclic) bond motifs is 1. The van der Waals surface area contributed by atoms with Crippen LogP contribution in [-0.2, 0) is 4.79 Å². The number of nitrogens with zero attached hydrogens (tertiary/aromatic N) is 2. The Hall–Kier alpha value is -2.42. The molecule has 0 radical (unpaired) electrons. The molecule has 1 saturated carbocycles. The summed E-state index contributed by atoms with van der Waals surface area (Å²) >= 11 is 9.29. The molecule has 7 nitrogen and oxygen atoms in total. The first-order chi connectivity index (χ1) is 15.3. The zero-order chi connectivity index (χ0) is 22.8. The maximum Gasteiger partial charge on any atom is 0.294 e. The number of amides is 2. The molecule has 2 heterocycles. The van der Waals surface area contributed by atoms with Crippen LogP contribution in [-0.4, -0.2) is 41.8 Å². The highest BCUT2D eigenvalue weighted by Crippen LogP contribution is 2.35. The van der Waals surface area contributed by atoms with Crippen molar-refractivity contribution in [3.8, 4) is 0 Å². The lowest BCUT2D eigenvalue weighted by Crippen LogP contribution is -2.35. The third-order valence-corrected chi connectivity index (χ3v) is 6.59. The van der Waals surface area contributed by atoms with Gasteiger partial charge in [0.2, 0.25) is 11.7 Å². The predicted molar refractivity (Wildman–Crippen MR) is 129 cm³/mol. The van der Waals surface area contributed by atoms with Gasteiger partial charge in [0.25, 0.3) is 5.91 Å². The zero-order valence-corrected chi connectivity index (χ0v) is 20.2. The van der Waals surface area contributed by atoms with E-state index in [4.69, 9.17) is 16.0 Å². The molecule has 32 heavy (non-hydrogen) atoms. The summed E-state index contributed by atoms with van der Waals surface area (Å²) < 4.78 is 6.67. The van der Waals surface area contributed by atoms with E-state index < -0.39 is 5.91 Å². The van der Waals surface area contributed by atoms with Crippen LogP contribution in [0.25, 0.3) is 11.0 Å². The molecule has 0 unspecified atom stereocenters. The highest BCUT2D eigenvalue weighted by Gasteiger charge is 2.30. The summed E-state index contributed by atoms with van der Waals surface area (Å²) in [5.74, 6) is -0.323. The van der Waals surface area contributed by atoms with Gasteiger partial charge in [0.1, 0.15) is 17.1 Å². The molecular weight excluding hydrogens is 496 g/mol. The zero-order valence-electron chi connectivity index (χ0n) is 17.8. The number of rotatable bonds is 5. The molecule has 1 aliphatic rings. The Morgan fingerprint density at radius 2 is 1.88 bits per heavy atom.